The highest BCUT2D eigenvalue weighted by Gasteiger charge is 2.12. The van der Waals surface area contributed by atoms with Crippen molar-refractivity contribution in [3.8, 4) is 5.75 Å². The number of carbonyl (C=O) groups is 1. The number of methoxy groups -OCH3 is 1. The number of hydrogen-bond acceptors (Lipinski definition) is 3. The Morgan fingerprint density at radius 1 is 1.42 bits per heavy atom. The van der Waals surface area contributed by atoms with Crippen molar-refractivity contribution in [3.63, 3.8) is 0 Å². The molecule has 0 atom stereocenters. The molecule has 0 unspecified atom stereocenters. The quantitative estimate of drug-likeness (QED) is 0.827. The molecule has 1 aromatic carbocycles. The fourth-order valence-electron chi connectivity index (χ4n) is 2.37. The predicted octanol–water partition coefficient (Wildman–Crippen LogP) is 2.39. The van der Waals surface area contributed by atoms with Crippen LogP contribution in [0.15, 0.2) is 24.3 Å². The van der Waals surface area contributed by atoms with E-state index in [-0.39, 0.29) is 0 Å². The van der Waals surface area contributed by atoms with Crippen molar-refractivity contribution in [2.45, 2.75) is 19.4 Å². The van der Waals surface area contributed by atoms with Crippen molar-refractivity contribution in [2.75, 3.05) is 20.2 Å². The highest BCUT2D eigenvalue weighted by molar-refractivity contribution is 5.85. The van der Waals surface area contributed by atoms with Crippen molar-refractivity contribution < 1.29 is 14.6 Å². The summed E-state index contributed by atoms with van der Waals surface area (Å²) in [6, 6.07) is 5.93. The zero-order valence-electron chi connectivity index (χ0n) is 11.1. The number of likely N-dealkylation sites (tertiary alicyclic amines) is 1. The van der Waals surface area contributed by atoms with E-state index >= 15 is 0 Å². The van der Waals surface area contributed by atoms with Crippen LogP contribution in [-0.4, -0.2) is 36.2 Å². The van der Waals surface area contributed by atoms with Crippen LogP contribution in [0.3, 0.4) is 0 Å². The summed E-state index contributed by atoms with van der Waals surface area (Å²) in [5.41, 5.74) is 1.99. The molecule has 1 saturated heterocycles. The summed E-state index contributed by atoms with van der Waals surface area (Å²) in [6.45, 7) is 3.20. The number of benzene rings is 1. The molecule has 19 heavy (non-hydrogen) atoms. The third-order valence-corrected chi connectivity index (χ3v) is 3.30. The van der Waals surface area contributed by atoms with Crippen molar-refractivity contribution in [1.29, 1.82) is 0 Å². The number of ether oxygens (including phenoxy) is 1. The Hall–Kier alpha value is -1.81. The van der Waals surface area contributed by atoms with Gasteiger partial charge in [-0.2, -0.15) is 0 Å². The van der Waals surface area contributed by atoms with Crippen LogP contribution in [-0.2, 0) is 11.3 Å². The monoisotopic (exact) mass is 261 g/mol. The topological polar surface area (TPSA) is 49.8 Å². The fraction of sp³-hybridized carbons (Fsp3) is 0.400. The van der Waals surface area contributed by atoms with E-state index in [9.17, 15) is 4.79 Å². The summed E-state index contributed by atoms with van der Waals surface area (Å²) in [4.78, 5) is 13.0. The molecule has 102 valence electrons. The average molecular weight is 261 g/mol. The maximum absolute atomic E-state index is 10.6. The van der Waals surface area contributed by atoms with Crippen molar-refractivity contribution >= 4 is 12.0 Å². The van der Waals surface area contributed by atoms with Crippen LogP contribution in [0.4, 0.5) is 0 Å². The molecule has 0 aromatic heterocycles. The summed E-state index contributed by atoms with van der Waals surface area (Å²) in [5, 5.41) is 8.70. The lowest BCUT2D eigenvalue weighted by Crippen LogP contribution is -2.18. The first-order valence-electron chi connectivity index (χ1n) is 6.49. The minimum atomic E-state index is -0.952. The minimum Gasteiger partial charge on any atom is -0.496 e. The molecule has 0 aliphatic carbocycles. The molecular weight excluding hydrogens is 242 g/mol. The van der Waals surface area contributed by atoms with Gasteiger partial charge in [-0.1, -0.05) is 6.07 Å². The average Bonchev–Trinajstić information content (AvgIpc) is 2.89. The second-order valence-electron chi connectivity index (χ2n) is 4.73. The minimum absolute atomic E-state index is 0.697. The molecule has 2 rings (SSSR count). The second kappa shape index (κ2) is 6.38. The van der Waals surface area contributed by atoms with E-state index in [1.54, 1.807) is 13.2 Å². The molecule has 4 nitrogen and oxygen atoms in total. The smallest absolute Gasteiger partial charge is 0.328 e. The largest absolute Gasteiger partial charge is 0.496 e. The van der Waals surface area contributed by atoms with Gasteiger partial charge in [0.1, 0.15) is 5.75 Å². The molecule has 0 bridgehead atoms. The molecule has 1 aliphatic heterocycles. The van der Waals surface area contributed by atoms with Gasteiger partial charge in [-0.15, -0.1) is 0 Å². The predicted molar refractivity (Wildman–Crippen MR) is 74.2 cm³/mol. The maximum Gasteiger partial charge on any atom is 0.328 e. The molecule has 0 saturated carbocycles. The number of rotatable bonds is 5. The Labute approximate surface area is 113 Å². The van der Waals surface area contributed by atoms with Gasteiger partial charge in [0.05, 0.1) is 7.11 Å². The molecule has 1 N–H and O–H groups in total. The van der Waals surface area contributed by atoms with Gasteiger partial charge in [-0.25, -0.2) is 4.79 Å². The summed E-state index contributed by atoms with van der Waals surface area (Å²) in [7, 11) is 1.59. The first-order valence-corrected chi connectivity index (χ1v) is 6.49. The number of carboxylic acid groups (broad SMARTS) is 1. The molecule has 4 heteroatoms. The molecule has 1 heterocycles. The Morgan fingerprint density at radius 3 is 2.79 bits per heavy atom. The van der Waals surface area contributed by atoms with E-state index in [0.29, 0.717) is 5.75 Å². The molecule has 1 fully saturated rings. The summed E-state index contributed by atoms with van der Waals surface area (Å²) in [5.74, 6) is -0.255. The van der Waals surface area contributed by atoms with Crippen LogP contribution in [0, 0.1) is 0 Å². The van der Waals surface area contributed by atoms with Gasteiger partial charge in [0.15, 0.2) is 0 Å². The molecule has 1 aromatic rings. The van der Waals surface area contributed by atoms with E-state index in [2.05, 4.69) is 4.90 Å². The van der Waals surface area contributed by atoms with E-state index in [0.717, 1.165) is 31.3 Å². The normalized spacial score (nSPS) is 16.1. The van der Waals surface area contributed by atoms with Gasteiger partial charge in [0.2, 0.25) is 0 Å². The maximum atomic E-state index is 10.6. The first-order chi connectivity index (χ1) is 9.19. The van der Waals surface area contributed by atoms with E-state index < -0.39 is 5.97 Å². The fourth-order valence-corrected chi connectivity index (χ4v) is 2.37. The number of hydrogen-bond donors (Lipinski definition) is 1. The third kappa shape index (κ3) is 3.83. The van der Waals surface area contributed by atoms with Crippen LogP contribution in [0.1, 0.15) is 24.0 Å². The Bertz CT molecular complexity index is 476. The van der Waals surface area contributed by atoms with E-state index in [1.165, 1.54) is 18.4 Å². The molecule has 1 aliphatic rings. The second-order valence-corrected chi connectivity index (χ2v) is 4.73. The number of nitrogens with zero attached hydrogens (tertiary/aromatic N) is 1. The molecular formula is C15H19NO3. The Balaban J connectivity index is 2.16. The van der Waals surface area contributed by atoms with Gasteiger partial charge in [-0.3, -0.25) is 4.90 Å². The third-order valence-electron chi connectivity index (χ3n) is 3.30. The van der Waals surface area contributed by atoms with Crippen LogP contribution in [0.25, 0.3) is 6.08 Å². The SMILES string of the molecule is COc1ccc(CN2CCCC2)cc1C=CC(=O)O. The summed E-state index contributed by atoms with van der Waals surface area (Å²) in [6.07, 6.45) is 5.25. The number of aliphatic carboxylic acids is 1. The van der Waals surface area contributed by atoms with Gasteiger partial charge in [0, 0.05) is 18.2 Å². The standard InChI is InChI=1S/C15H19NO3/c1-19-14-6-4-12(11-16-8-2-3-9-16)10-13(14)5-7-15(17)18/h4-7,10H,2-3,8-9,11H2,1H3,(H,17,18). The van der Waals surface area contributed by atoms with Crippen LogP contribution >= 0.6 is 0 Å². The highest BCUT2D eigenvalue weighted by atomic mass is 16.5. The lowest BCUT2D eigenvalue weighted by atomic mass is 10.1. The molecule has 0 spiro atoms. The van der Waals surface area contributed by atoms with Crippen molar-refractivity contribution in [2.24, 2.45) is 0 Å². The van der Waals surface area contributed by atoms with Crippen LogP contribution < -0.4 is 4.74 Å². The van der Waals surface area contributed by atoms with Crippen LogP contribution in [0.5, 0.6) is 5.75 Å². The van der Waals surface area contributed by atoms with Gasteiger partial charge in [0.25, 0.3) is 0 Å². The summed E-state index contributed by atoms with van der Waals surface area (Å²) >= 11 is 0. The van der Waals surface area contributed by atoms with Crippen LogP contribution in [0.2, 0.25) is 0 Å². The molecule has 0 radical (unpaired) electrons. The van der Waals surface area contributed by atoms with Crippen molar-refractivity contribution in [3.05, 3.63) is 35.4 Å². The van der Waals surface area contributed by atoms with Gasteiger partial charge in [-0.05, 0) is 49.7 Å². The highest BCUT2D eigenvalue weighted by Crippen LogP contribution is 2.23. The Morgan fingerprint density at radius 2 is 2.16 bits per heavy atom. The lowest BCUT2D eigenvalue weighted by molar-refractivity contribution is -0.131. The zero-order valence-corrected chi connectivity index (χ0v) is 11.1. The molecule has 0 amide bonds. The van der Waals surface area contributed by atoms with E-state index in [1.807, 2.05) is 18.2 Å². The van der Waals surface area contributed by atoms with Crippen molar-refractivity contribution in [1.82, 2.24) is 4.90 Å². The van der Waals surface area contributed by atoms with Gasteiger partial charge < -0.3 is 9.84 Å². The summed E-state index contributed by atoms with van der Waals surface area (Å²) < 4.78 is 5.24. The number of carboxylic acids is 1. The zero-order chi connectivity index (χ0) is 13.7. The van der Waals surface area contributed by atoms with Gasteiger partial charge >= 0.3 is 5.97 Å². The first kappa shape index (κ1) is 13.6. The lowest BCUT2D eigenvalue weighted by Gasteiger charge is -2.15. The van der Waals surface area contributed by atoms with E-state index in [4.69, 9.17) is 9.84 Å². The Kier molecular flexibility index (Phi) is 4.58.